The highest BCUT2D eigenvalue weighted by molar-refractivity contribution is 6.31. The number of halogens is 6. The predicted molar refractivity (Wildman–Crippen MR) is 88.5 cm³/mol. The average Bonchev–Trinajstić information content (AvgIpc) is 2.37. The van der Waals surface area contributed by atoms with Gasteiger partial charge < -0.3 is 5.32 Å². The summed E-state index contributed by atoms with van der Waals surface area (Å²) in [5.41, 5.74) is 1.42. The number of rotatable bonds is 3. The van der Waals surface area contributed by atoms with Crippen molar-refractivity contribution in [3.05, 3.63) is 34.3 Å². The maximum Gasteiger partial charge on any atom is 0.390 e. The Hall–Kier alpha value is -0.200. The molecule has 1 aliphatic rings. The van der Waals surface area contributed by atoms with Crippen molar-refractivity contribution in [2.75, 3.05) is 26.2 Å². The van der Waals surface area contributed by atoms with Crippen LogP contribution in [-0.2, 0) is 0 Å². The van der Waals surface area contributed by atoms with Crippen molar-refractivity contribution in [1.29, 1.82) is 0 Å². The number of nitrogens with one attached hydrogen (secondary N) is 1. The Labute approximate surface area is 146 Å². The maximum absolute atomic E-state index is 12.9. The smallest absolute Gasteiger partial charge is 0.314 e. The van der Waals surface area contributed by atoms with E-state index in [2.05, 4.69) is 5.32 Å². The average molecular weight is 380 g/mol. The quantitative estimate of drug-likeness (QED) is 0.838. The van der Waals surface area contributed by atoms with Crippen LogP contribution in [0.4, 0.5) is 13.2 Å². The standard InChI is InChI=1S/C14H18ClF3N2.2ClH/c1-10-3-2-4-11(15)13(10)12(9-14(16,17)18)20-7-5-19-6-8-20;;/h2-4,12,19H,5-9H2,1H3;2*1H/t12-;;/m0../s1. The molecule has 22 heavy (non-hydrogen) atoms. The molecule has 128 valence electrons. The lowest BCUT2D eigenvalue weighted by atomic mass is 9.96. The van der Waals surface area contributed by atoms with E-state index < -0.39 is 18.6 Å². The fourth-order valence-electron chi connectivity index (χ4n) is 2.69. The van der Waals surface area contributed by atoms with E-state index in [1.54, 1.807) is 12.1 Å². The van der Waals surface area contributed by atoms with Gasteiger partial charge in [0, 0.05) is 37.2 Å². The Balaban J connectivity index is 0.00000220. The zero-order valence-corrected chi connectivity index (χ0v) is 14.5. The molecule has 0 aromatic heterocycles. The molecule has 1 aromatic carbocycles. The van der Waals surface area contributed by atoms with Gasteiger partial charge in [0.15, 0.2) is 0 Å². The van der Waals surface area contributed by atoms with E-state index in [1.165, 1.54) is 0 Å². The van der Waals surface area contributed by atoms with Crippen molar-refractivity contribution >= 4 is 36.4 Å². The topological polar surface area (TPSA) is 15.3 Å². The van der Waals surface area contributed by atoms with Crippen LogP contribution >= 0.6 is 36.4 Å². The fraction of sp³-hybridized carbons (Fsp3) is 0.571. The third-order valence-corrected chi connectivity index (χ3v) is 3.95. The first kappa shape index (κ1) is 21.8. The lowest BCUT2D eigenvalue weighted by Crippen LogP contribution is -2.46. The molecule has 0 aliphatic carbocycles. The predicted octanol–water partition coefficient (Wildman–Crippen LogP) is 4.39. The first-order chi connectivity index (χ1) is 9.38. The van der Waals surface area contributed by atoms with E-state index in [-0.39, 0.29) is 24.8 Å². The van der Waals surface area contributed by atoms with Gasteiger partial charge in [0.1, 0.15) is 0 Å². The Morgan fingerprint density at radius 2 is 1.82 bits per heavy atom. The molecule has 1 aromatic rings. The summed E-state index contributed by atoms with van der Waals surface area (Å²) in [4.78, 5) is 1.87. The van der Waals surface area contributed by atoms with Gasteiger partial charge in [0.25, 0.3) is 0 Å². The lowest BCUT2D eigenvalue weighted by molar-refractivity contribution is -0.148. The van der Waals surface area contributed by atoms with Gasteiger partial charge in [-0.1, -0.05) is 23.7 Å². The van der Waals surface area contributed by atoms with Crippen molar-refractivity contribution in [2.45, 2.75) is 25.6 Å². The number of hydrogen-bond acceptors (Lipinski definition) is 2. The van der Waals surface area contributed by atoms with Crippen molar-refractivity contribution in [1.82, 2.24) is 10.2 Å². The third kappa shape index (κ3) is 5.78. The van der Waals surface area contributed by atoms with Gasteiger partial charge in [-0.15, -0.1) is 24.8 Å². The minimum Gasteiger partial charge on any atom is -0.314 e. The van der Waals surface area contributed by atoms with Crippen LogP contribution in [0.3, 0.4) is 0 Å². The van der Waals surface area contributed by atoms with Gasteiger partial charge in [-0.3, -0.25) is 4.90 Å². The molecule has 0 spiro atoms. The van der Waals surface area contributed by atoms with E-state index in [0.29, 0.717) is 36.8 Å². The van der Waals surface area contributed by atoms with Crippen LogP contribution in [0.2, 0.25) is 5.02 Å². The first-order valence-electron chi connectivity index (χ1n) is 6.65. The van der Waals surface area contributed by atoms with Gasteiger partial charge in [0.2, 0.25) is 0 Å². The van der Waals surface area contributed by atoms with E-state index in [4.69, 9.17) is 11.6 Å². The highest BCUT2D eigenvalue weighted by Crippen LogP contribution is 2.38. The number of benzene rings is 1. The molecule has 1 saturated heterocycles. The highest BCUT2D eigenvalue weighted by atomic mass is 35.5. The van der Waals surface area contributed by atoms with Gasteiger partial charge >= 0.3 is 6.18 Å². The summed E-state index contributed by atoms with van der Waals surface area (Å²) in [7, 11) is 0. The molecular weight excluding hydrogens is 360 g/mol. The lowest BCUT2D eigenvalue weighted by Gasteiger charge is -2.36. The molecule has 1 heterocycles. The monoisotopic (exact) mass is 378 g/mol. The van der Waals surface area contributed by atoms with Gasteiger partial charge in [-0.25, -0.2) is 0 Å². The van der Waals surface area contributed by atoms with Crippen molar-refractivity contribution in [2.24, 2.45) is 0 Å². The summed E-state index contributed by atoms with van der Waals surface area (Å²) in [5.74, 6) is 0. The summed E-state index contributed by atoms with van der Waals surface area (Å²) < 4.78 is 38.8. The van der Waals surface area contributed by atoms with Crippen LogP contribution in [0.5, 0.6) is 0 Å². The van der Waals surface area contributed by atoms with Crippen LogP contribution in [0, 0.1) is 6.92 Å². The number of nitrogens with zero attached hydrogens (tertiary/aromatic N) is 1. The van der Waals surface area contributed by atoms with Gasteiger partial charge in [0.05, 0.1) is 6.42 Å². The Morgan fingerprint density at radius 3 is 2.32 bits per heavy atom. The second kappa shape index (κ2) is 9.18. The molecule has 0 radical (unpaired) electrons. The summed E-state index contributed by atoms with van der Waals surface area (Å²) in [6.45, 7) is 4.43. The molecular formula is C14H20Cl3F3N2. The molecule has 0 unspecified atom stereocenters. The van der Waals surface area contributed by atoms with Crippen LogP contribution in [0.15, 0.2) is 18.2 Å². The number of aryl methyl sites for hydroxylation is 1. The Morgan fingerprint density at radius 1 is 1.23 bits per heavy atom. The second-order valence-electron chi connectivity index (χ2n) is 5.09. The molecule has 2 rings (SSSR count). The molecule has 1 aliphatic heterocycles. The Kier molecular flexibility index (Phi) is 9.10. The zero-order valence-electron chi connectivity index (χ0n) is 12.1. The Bertz CT molecular complexity index is 443. The molecule has 1 atom stereocenters. The van der Waals surface area contributed by atoms with Crippen LogP contribution in [-0.4, -0.2) is 37.3 Å². The van der Waals surface area contributed by atoms with Crippen LogP contribution in [0.25, 0.3) is 0 Å². The van der Waals surface area contributed by atoms with E-state index in [9.17, 15) is 13.2 Å². The molecule has 1 fully saturated rings. The summed E-state index contributed by atoms with van der Waals surface area (Å²) in [6.07, 6.45) is -5.07. The van der Waals surface area contributed by atoms with Crippen LogP contribution in [0.1, 0.15) is 23.6 Å². The van der Waals surface area contributed by atoms with Crippen molar-refractivity contribution in [3.8, 4) is 0 Å². The molecule has 0 saturated carbocycles. The van der Waals surface area contributed by atoms with E-state index in [1.807, 2.05) is 17.9 Å². The molecule has 2 nitrogen and oxygen atoms in total. The van der Waals surface area contributed by atoms with Crippen molar-refractivity contribution < 1.29 is 13.2 Å². The summed E-state index contributed by atoms with van der Waals surface area (Å²) >= 11 is 6.16. The van der Waals surface area contributed by atoms with Crippen molar-refractivity contribution in [3.63, 3.8) is 0 Å². The zero-order chi connectivity index (χ0) is 14.8. The fourth-order valence-corrected chi connectivity index (χ4v) is 3.04. The number of piperazine rings is 1. The van der Waals surface area contributed by atoms with Gasteiger partial charge in [-0.05, 0) is 24.1 Å². The second-order valence-corrected chi connectivity index (χ2v) is 5.50. The first-order valence-corrected chi connectivity index (χ1v) is 7.03. The van der Waals surface area contributed by atoms with Gasteiger partial charge in [-0.2, -0.15) is 13.2 Å². The summed E-state index contributed by atoms with van der Waals surface area (Å²) in [6, 6.07) is 4.54. The minimum absolute atomic E-state index is 0. The minimum atomic E-state index is -4.21. The normalized spacial score (nSPS) is 17.3. The molecule has 1 N–H and O–H groups in total. The van der Waals surface area contributed by atoms with E-state index in [0.717, 1.165) is 5.56 Å². The van der Waals surface area contributed by atoms with Crippen LogP contribution < -0.4 is 5.32 Å². The largest absolute Gasteiger partial charge is 0.390 e. The third-order valence-electron chi connectivity index (χ3n) is 3.62. The molecule has 0 amide bonds. The van der Waals surface area contributed by atoms with E-state index >= 15 is 0 Å². The maximum atomic E-state index is 12.9. The number of hydrogen-bond donors (Lipinski definition) is 1. The SMILES string of the molecule is Cc1cccc(Cl)c1[C@H](CC(F)(F)F)N1CCNCC1.Cl.Cl. The molecule has 0 bridgehead atoms. The number of alkyl halides is 3. The summed E-state index contributed by atoms with van der Waals surface area (Å²) in [5, 5.41) is 3.57. The molecule has 8 heteroatoms. The highest BCUT2D eigenvalue weighted by Gasteiger charge is 2.37.